The van der Waals surface area contributed by atoms with Crippen molar-refractivity contribution in [3.63, 3.8) is 0 Å². The van der Waals surface area contributed by atoms with E-state index in [1.54, 1.807) is 42.5 Å². The predicted molar refractivity (Wildman–Crippen MR) is 135 cm³/mol. The molecule has 2 heterocycles. The van der Waals surface area contributed by atoms with E-state index < -0.39 is 15.9 Å². The van der Waals surface area contributed by atoms with Crippen LogP contribution in [0.25, 0.3) is 5.76 Å². The largest absolute Gasteiger partial charge is 0.493 e. The van der Waals surface area contributed by atoms with Crippen LogP contribution in [0, 0.1) is 11.3 Å². The molecule has 0 amide bonds. The van der Waals surface area contributed by atoms with Crippen molar-refractivity contribution in [1.82, 2.24) is 0 Å². The summed E-state index contributed by atoms with van der Waals surface area (Å²) in [6.45, 7) is 0.108. The summed E-state index contributed by atoms with van der Waals surface area (Å²) in [5, 5.41) is 10.0. The van der Waals surface area contributed by atoms with E-state index in [2.05, 4.69) is 6.07 Å². The monoisotopic (exact) mass is 501 g/mol. The summed E-state index contributed by atoms with van der Waals surface area (Å²) in [7, 11) is -1.16. The van der Waals surface area contributed by atoms with E-state index in [1.165, 1.54) is 18.5 Å². The van der Waals surface area contributed by atoms with Gasteiger partial charge in [-0.2, -0.15) is 5.26 Å². The first-order valence-corrected chi connectivity index (χ1v) is 12.5. The normalized spacial score (nSPS) is 18.0. The second-order valence-corrected chi connectivity index (χ2v) is 10.1. The summed E-state index contributed by atoms with van der Waals surface area (Å²) in [4.78, 5) is -0.0462. The van der Waals surface area contributed by atoms with Crippen LogP contribution >= 0.6 is 0 Å². The van der Waals surface area contributed by atoms with E-state index in [1.807, 2.05) is 30.3 Å². The highest BCUT2D eigenvalue weighted by Crippen LogP contribution is 2.51. The molecule has 3 aromatic carbocycles. The number of methoxy groups -OCH3 is 2. The van der Waals surface area contributed by atoms with Crippen molar-refractivity contribution >= 4 is 21.5 Å². The molecule has 0 aromatic heterocycles. The van der Waals surface area contributed by atoms with Crippen LogP contribution in [0.5, 0.6) is 11.5 Å². The van der Waals surface area contributed by atoms with Crippen LogP contribution in [-0.2, 0) is 21.3 Å². The van der Waals surface area contributed by atoms with Gasteiger partial charge in [-0.05, 0) is 35.4 Å². The maximum Gasteiger partial charge on any atom is 0.265 e. The summed E-state index contributed by atoms with van der Waals surface area (Å²) in [6, 6.07) is 23.5. The van der Waals surface area contributed by atoms with Gasteiger partial charge in [-0.3, -0.25) is 4.31 Å². The molecule has 5 rings (SSSR count). The summed E-state index contributed by atoms with van der Waals surface area (Å²) in [5.41, 5.74) is 8.56. The van der Waals surface area contributed by atoms with Gasteiger partial charge in [-0.25, -0.2) is 8.42 Å². The molecule has 0 saturated heterocycles. The molecule has 2 N–H and O–H groups in total. The summed E-state index contributed by atoms with van der Waals surface area (Å²) in [6.07, 6.45) is 0. The maximum absolute atomic E-state index is 14.3. The lowest BCUT2D eigenvalue weighted by Gasteiger charge is -2.38. The van der Waals surface area contributed by atoms with Crippen LogP contribution in [-0.4, -0.2) is 22.6 Å². The van der Waals surface area contributed by atoms with Crippen LogP contribution in [0.1, 0.15) is 22.6 Å². The molecule has 0 spiro atoms. The summed E-state index contributed by atoms with van der Waals surface area (Å²) >= 11 is 0. The number of nitriles is 1. The number of allylic oxidation sites excluding steroid dienone is 2. The zero-order valence-electron chi connectivity index (χ0n) is 19.6. The van der Waals surface area contributed by atoms with Crippen LogP contribution < -0.4 is 19.5 Å². The van der Waals surface area contributed by atoms with Crippen molar-refractivity contribution in [3.8, 4) is 17.6 Å². The van der Waals surface area contributed by atoms with Crippen molar-refractivity contribution in [3.05, 3.63) is 106 Å². The molecule has 0 saturated carbocycles. The molecule has 3 aromatic rings. The third-order valence-electron chi connectivity index (χ3n) is 6.27. The number of nitrogens with two attached hydrogens (primary N) is 1. The Morgan fingerprint density at radius 3 is 2.39 bits per heavy atom. The molecule has 0 radical (unpaired) electrons. The van der Waals surface area contributed by atoms with E-state index in [0.29, 0.717) is 28.3 Å². The number of fused-ring (bicyclic) bond motifs is 2. The van der Waals surface area contributed by atoms with Crippen molar-refractivity contribution < 1.29 is 22.6 Å². The zero-order valence-corrected chi connectivity index (χ0v) is 20.5. The van der Waals surface area contributed by atoms with E-state index in [4.69, 9.17) is 19.9 Å². The molecular formula is C27H23N3O5S. The number of nitrogens with zero attached hydrogens (tertiary/aromatic N) is 2. The number of rotatable bonds is 5. The van der Waals surface area contributed by atoms with Crippen LogP contribution in [0.3, 0.4) is 0 Å². The smallest absolute Gasteiger partial charge is 0.265 e. The lowest BCUT2D eigenvalue weighted by Crippen LogP contribution is -2.39. The number of para-hydroxylation sites is 1. The average molecular weight is 502 g/mol. The highest BCUT2D eigenvalue weighted by Gasteiger charge is 2.47. The summed E-state index contributed by atoms with van der Waals surface area (Å²) < 4.78 is 46.6. The fraction of sp³-hybridized carbons (Fsp3) is 0.148. The molecule has 2 aliphatic rings. The van der Waals surface area contributed by atoms with Gasteiger partial charge in [0, 0.05) is 5.56 Å². The SMILES string of the molecule is COc1ccc(C2C(C#N)=C(N)OC3=C2S(=O)(=O)N(Cc2ccccc2)c2ccccc23)cc1OC. The molecule has 0 aliphatic carbocycles. The van der Waals surface area contributed by atoms with Gasteiger partial charge in [-0.15, -0.1) is 0 Å². The first kappa shape index (κ1) is 23.3. The molecule has 8 nitrogen and oxygen atoms in total. The minimum Gasteiger partial charge on any atom is -0.493 e. The number of benzene rings is 3. The van der Waals surface area contributed by atoms with E-state index in [-0.39, 0.29) is 28.7 Å². The minimum absolute atomic E-state index is 0.00332. The Morgan fingerprint density at radius 1 is 1.00 bits per heavy atom. The number of hydrogen-bond acceptors (Lipinski definition) is 7. The van der Waals surface area contributed by atoms with E-state index in [9.17, 15) is 13.7 Å². The highest BCUT2D eigenvalue weighted by atomic mass is 32.2. The Labute approximate surface area is 209 Å². The van der Waals surface area contributed by atoms with Gasteiger partial charge < -0.3 is 19.9 Å². The van der Waals surface area contributed by atoms with Gasteiger partial charge in [-0.1, -0.05) is 48.5 Å². The Bertz CT molecular complexity index is 1560. The Hall–Kier alpha value is -4.42. The quantitative estimate of drug-likeness (QED) is 0.556. The second kappa shape index (κ2) is 8.98. The fourth-order valence-electron chi connectivity index (χ4n) is 4.59. The molecule has 182 valence electrons. The third kappa shape index (κ3) is 3.63. The second-order valence-electron chi connectivity index (χ2n) is 8.25. The number of hydrogen-bond donors (Lipinski definition) is 1. The maximum atomic E-state index is 14.3. The van der Waals surface area contributed by atoms with Crippen molar-refractivity contribution in [2.75, 3.05) is 18.5 Å². The first-order chi connectivity index (χ1) is 17.4. The van der Waals surface area contributed by atoms with Crippen molar-refractivity contribution in [2.45, 2.75) is 12.5 Å². The van der Waals surface area contributed by atoms with E-state index in [0.717, 1.165) is 5.56 Å². The topological polar surface area (TPSA) is 115 Å². The Kier molecular flexibility index (Phi) is 5.82. The van der Waals surface area contributed by atoms with Crippen molar-refractivity contribution in [2.24, 2.45) is 5.73 Å². The van der Waals surface area contributed by atoms with Crippen LogP contribution in [0.15, 0.2) is 89.2 Å². The van der Waals surface area contributed by atoms with Gasteiger partial charge in [0.25, 0.3) is 10.0 Å². The van der Waals surface area contributed by atoms with Gasteiger partial charge in [0.15, 0.2) is 17.3 Å². The molecule has 9 heteroatoms. The fourth-order valence-corrected chi connectivity index (χ4v) is 6.51. The van der Waals surface area contributed by atoms with Crippen LogP contribution in [0.2, 0.25) is 0 Å². The number of anilines is 1. The molecule has 1 unspecified atom stereocenters. The van der Waals surface area contributed by atoms with Gasteiger partial charge in [0.1, 0.15) is 16.5 Å². The molecule has 36 heavy (non-hydrogen) atoms. The first-order valence-electron chi connectivity index (χ1n) is 11.1. The average Bonchev–Trinajstić information content (AvgIpc) is 2.90. The lowest BCUT2D eigenvalue weighted by atomic mass is 9.88. The lowest BCUT2D eigenvalue weighted by molar-refractivity contribution is 0.352. The van der Waals surface area contributed by atoms with E-state index >= 15 is 0 Å². The van der Waals surface area contributed by atoms with Crippen molar-refractivity contribution in [1.29, 1.82) is 5.26 Å². The predicted octanol–water partition coefficient (Wildman–Crippen LogP) is 4.23. The molecule has 0 fully saturated rings. The van der Waals surface area contributed by atoms with Gasteiger partial charge >= 0.3 is 0 Å². The number of sulfonamides is 1. The highest BCUT2D eigenvalue weighted by molar-refractivity contribution is 7.96. The summed E-state index contributed by atoms with van der Waals surface area (Å²) in [5.74, 6) is -0.159. The van der Waals surface area contributed by atoms with Gasteiger partial charge in [0.2, 0.25) is 5.88 Å². The standard InChI is InChI=1S/C27H23N3O5S/c1-33-22-13-12-18(14-23(22)34-2)24-20(15-28)27(29)35-25-19-10-6-7-11-21(19)30(36(31,32)26(24)25)16-17-8-4-3-5-9-17/h3-14,24H,16,29H2,1-2H3. The molecule has 0 bridgehead atoms. The van der Waals surface area contributed by atoms with Crippen LogP contribution in [0.4, 0.5) is 5.69 Å². The Balaban J connectivity index is 1.77. The molecule has 1 atom stereocenters. The molecule has 2 aliphatic heterocycles. The Morgan fingerprint density at radius 2 is 1.69 bits per heavy atom. The van der Waals surface area contributed by atoms with Gasteiger partial charge in [0.05, 0.1) is 32.4 Å². The minimum atomic E-state index is -4.16. The molecular weight excluding hydrogens is 478 g/mol. The zero-order chi connectivity index (χ0) is 25.4. The third-order valence-corrected chi connectivity index (χ3v) is 8.15. The number of ether oxygens (including phenoxy) is 3.